The Hall–Kier alpha value is -1.82. The Labute approximate surface area is 132 Å². The van der Waals surface area contributed by atoms with E-state index in [4.69, 9.17) is 0 Å². The van der Waals surface area contributed by atoms with Gasteiger partial charge in [-0.15, -0.1) is 0 Å². The van der Waals surface area contributed by atoms with E-state index in [9.17, 15) is 8.42 Å². The maximum atomic E-state index is 12.6. The molecular weight excluding hydrogens is 298 g/mol. The zero-order valence-electron chi connectivity index (χ0n) is 13.7. The van der Waals surface area contributed by atoms with Gasteiger partial charge in [-0.3, -0.25) is 9.40 Å². The van der Waals surface area contributed by atoms with E-state index < -0.39 is 10.0 Å². The van der Waals surface area contributed by atoms with E-state index in [1.54, 1.807) is 37.7 Å². The van der Waals surface area contributed by atoms with Crippen molar-refractivity contribution in [1.82, 2.24) is 9.78 Å². The predicted octanol–water partition coefficient (Wildman–Crippen LogP) is 3.35. The van der Waals surface area contributed by atoms with Crippen LogP contribution < -0.4 is 4.72 Å². The Morgan fingerprint density at radius 3 is 2.27 bits per heavy atom. The molecule has 1 heterocycles. The summed E-state index contributed by atoms with van der Waals surface area (Å²) < 4.78 is 29.3. The largest absolute Gasteiger partial charge is 0.280 e. The molecule has 22 heavy (non-hydrogen) atoms. The van der Waals surface area contributed by atoms with Gasteiger partial charge in [-0.1, -0.05) is 26.0 Å². The third kappa shape index (κ3) is 3.16. The van der Waals surface area contributed by atoms with Crippen molar-refractivity contribution in [2.24, 2.45) is 7.05 Å². The van der Waals surface area contributed by atoms with Gasteiger partial charge in [0.05, 0.1) is 11.4 Å². The summed E-state index contributed by atoms with van der Waals surface area (Å²) in [5.41, 5.74) is 2.90. The molecule has 0 amide bonds. The quantitative estimate of drug-likeness (QED) is 0.918. The maximum absolute atomic E-state index is 12.6. The first-order chi connectivity index (χ1) is 10.3. The highest BCUT2D eigenvalue weighted by Crippen LogP contribution is 2.24. The Morgan fingerprint density at radius 2 is 1.82 bits per heavy atom. The first-order valence-electron chi connectivity index (χ1n) is 7.39. The van der Waals surface area contributed by atoms with E-state index in [-0.39, 0.29) is 4.90 Å². The highest BCUT2D eigenvalue weighted by Gasteiger charge is 2.23. The van der Waals surface area contributed by atoms with E-state index in [2.05, 4.69) is 23.7 Å². The fourth-order valence-corrected chi connectivity index (χ4v) is 3.96. The summed E-state index contributed by atoms with van der Waals surface area (Å²) in [5, 5.41) is 4.16. The number of hydrogen-bond donors (Lipinski definition) is 1. The summed E-state index contributed by atoms with van der Waals surface area (Å²) in [6.45, 7) is 7.74. The van der Waals surface area contributed by atoms with E-state index in [1.165, 1.54) is 5.56 Å². The molecule has 0 aliphatic rings. The number of aryl methyl sites for hydroxylation is 2. The molecule has 1 aromatic carbocycles. The van der Waals surface area contributed by atoms with Crippen LogP contribution in [-0.2, 0) is 17.1 Å². The van der Waals surface area contributed by atoms with Crippen LogP contribution in [0.4, 0.5) is 5.69 Å². The van der Waals surface area contributed by atoms with Crippen molar-refractivity contribution < 1.29 is 8.42 Å². The molecule has 0 fully saturated rings. The Kier molecular flexibility index (Phi) is 4.60. The number of anilines is 1. The van der Waals surface area contributed by atoms with E-state index in [0.29, 0.717) is 23.0 Å². The lowest BCUT2D eigenvalue weighted by Crippen LogP contribution is -2.15. The SMILES string of the molecule is CCC(C)c1ccc(NS(=O)(=O)c2c(C)nn(C)c2C)cc1. The third-order valence-corrected chi connectivity index (χ3v) is 5.69. The van der Waals surface area contributed by atoms with Crippen molar-refractivity contribution in [2.75, 3.05) is 4.72 Å². The molecule has 0 radical (unpaired) electrons. The summed E-state index contributed by atoms with van der Waals surface area (Å²) in [6, 6.07) is 7.55. The Morgan fingerprint density at radius 1 is 1.23 bits per heavy atom. The van der Waals surface area contributed by atoms with E-state index in [0.717, 1.165) is 6.42 Å². The average molecular weight is 321 g/mol. The van der Waals surface area contributed by atoms with E-state index >= 15 is 0 Å². The molecule has 0 aliphatic carbocycles. The maximum Gasteiger partial charge on any atom is 0.265 e. The number of nitrogens with zero attached hydrogens (tertiary/aromatic N) is 2. The second kappa shape index (κ2) is 6.12. The summed E-state index contributed by atoms with van der Waals surface area (Å²) in [5.74, 6) is 0.466. The summed E-state index contributed by atoms with van der Waals surface area (Å²) in [6.07, 6.45) is 1.05. The first-order valence-corrected chi connectivity index (χ1v) is 8.87. The summed E-state index contributed by atoms with van der Waals surface area (Å²) >= 11 is 0. The van der Waals surface area contributed by atoms with Crippen molar-refractivity contribution >= 4 is 15.7 Å². The summed E-state index contributed by atoms with van der Waals surface area (Å²) in [7, 11) is -1.89. The number of nitrogens with one attached hydrogen (secondary N) is 1. The molecule has 6 heteroatoms. The van der Waals surface area contributed by atoms with E-state index in [1.807, 2.05) is 12.1 Å². The predicted molar refractivity (Wildman–Crippen MR) is 88.6 cm³/mol. The molecule has 5 nitrogen and oxygen atoms in total. The lowest BCUT2D eigenvalue weighted by atomic mass is 9.99. The minimum absolute atomic E-state index is 0.251. The highest BCUT2D eigenvalue weighted by molar-refractivity contribution is 7.92. The number of aromatic nitrogens is 2. The molecule has 0 saturated carbocycles. The molecule has 1 atom stereocenters. The minimum Gasteiger partial charge on any atom is -0.280 e. The Balaban J connectivity index is 2.29. The highest BCUT2D eigenvalue weighted by atomic mass is 32.2. The second-order valence-corrected chi connectivity index (χ2v) is 7.28. The minimum atomic E-state index is -3.63. The van der Waals surface area contributed by atoms with Gasteiger partial charge in [0.15, 0.2) is 0 Å². The van der Waals surface area contributed by atoms with Crippen LogP contribution in [0.15, 0.2) is 29.2 Å². The van der Waals surface area contributed by atoms with Crippen molar-refractivity contribution in [1.29, 1.82) is 0 Å². The van der Waals surface area contributed by atoms with Gasteiger partial charge in [0.25, 0.3) is 10.0 Å². The number of rotatable bonds is 5. The molecule has 2 aromatic rings. The number of hydrogen-bond acceptors (Lipinski definition) is 3. The molecule has 2 rings (SSSR count). The van der Waals surface area contributed by atoms with Gasteiger partial charge in [-0.25, -0.2) is 8.42 Å². The molecule has 0 aliphatic heterocycles. The van der Waals surface area contributed by atoms with Crippen molar-refractivity contribution in [3.8, 4) is 0 Å². The average Bonchev–Trinajstić information content (AvgIpc) is 2.72. The van der Waals surface area contributed by atoms with Crippen LogP contribution in [0, 0.1) is 13.8 Å². The summed E-state index contributed by atoms with van der Waals surface area (Å²) in [4.78, 5) is 0.251. The normalized spacial score (nSPS) is 13.1. The van der Waals surface area contributed by atoms with Crippen molar-refractivity contribution in [3.05, 3.63) is 41.2 Å². The third-order valence-electron chi connectivity index (χ3n) is 4.06. The van der Waals surface area contributed by atoms with Gasteiger partial charge >= 0.3 is 0 Å². The number of sulfonamides is 1. The molecule has 1 N–H and O–H groups in total. The van der Waals surface area contributed by atoms with Crippen LogP contribution in [-0.4, -0.2) is 18.2 Å². The molecule has 120 valence electrons. The standard InChI is InChI=1S/C16H23N3O2S/c1-6-11(2)14-7-9-15(10-8-14)18-22(20,21)16-12(3)17-19(5)13(16)4/h7-11,18H,6H2,1-5H3. The van der Waals surface area contributed by atoms with Gasteiger partial charge < -0.3 is 0 Å². The van der Waals surface area contributed by atoms with Crippen LogP contribution in [0.5, 0.6) is 0 Å². The van der Waals surface area contributed by atoms with Gasteiger partial charge in [0, 0.05) is 12.7 Å². The van der Waals surface area contributed by atoms with Crippen LogP contribution in [0.3, 0.4) is 0 Å². The monoisotopic (exact) mass is 321 g/mol. The Bertz CT molecular complexity index is 761. The van der Waals surface area contributed by atoms with Gasteiger partial charge in [0.1, 0.15) is 4.90 Å². The number of benzene rings is 1. The molecule has 0 saturated heterocycles. The smallest absolute Gasteiger partial charge is 0.265 e. The zero-order chi connectivity index (χ0) is 16.5. The van der Waals surface area contributed by atoms with Crippen LogP contribution >= 0.6 is 0 Å². The van der Waals surface area contributed by atoms with Gasteiger partial charge in [0.2, 0.25) is 0 Å². The molecule has 0 bridgehead atoms. The van der Waals surface area contributed by atoms with Gasteiger partial charge in [-0.05, 0) is 43.9 Å². The first kappa shape index (κ1) is 16.5. The molecule has 1 unspecified atom stereocenters. The molecular formula is C16H23N3O2S. The fraction of sp³-hybridized carbons (Fsp3) is 0.438. The zero-order valence-corrected chi connectivity index (χ0v) is 14.5. The van der Waals surface area contributed by atoms with Crippen molar-refractivity contribution in [2.45, 2.75) is 44.9 Å². The second-order valence-electron chi connectivity index (χ2n) is 5.66. The molecule has 0 spiro atoms. The van der Waals surface area contributed by atoms with Crippen molar-refractivity contribution in [3.63, 3.8) is 0 Å². The lowest BCUT2D eigenvalue weighted by Gasteiger charge is -2.11. The van der Waals surface area contributed by atoms with Gasteiger partial charge in [-0.2, -0.15) is 5.10 Å². The van der Waals surface area contributed by atoms with Crippen LogP contribution in [0.25, 0.3) is 0 Å². The lowest BCUT2D eigenvalue weighted by molar-refractivity contribution is 0.599. The topological polar surface area (TPSA) is 64.0 Å². The van der Waals surface area contributed by atoms with Crippen LogP contribution in [0.1, 0.15) is 43.1 Å². The fourth-order valence-electron chi connectivity index (χ4n) is 2.46. The van der Waals surface area contributed by atoms with Crippen LogP contribution in [0.2, 0.25) is 0 Å². The molecule has 1 aromatic heterocycles.